The minimum Gasteiger partial charge on any atom is -0.462 e. The molecule has 0 heterocycles. The fraction of sp³-hybridized carbons (Fsp3) is 0.943. The number of unbranched alkanes of at least 4 members (excludes halogenated alkanes) is 31. The summed E-state index contributed by atoms with van der Waals surface area (Å²) in [6.07, 6.45) is 46.5. The van der Waals surface area contributed by atoms with Gasteiger partial charge < -0.3 is 14.2 Å². The zero-order chi connectivity index (χ0) is 43.3. The largest absolute Gasteiger partial charge is 0.462 e. The van der Waals surface area contributed by atoms with Crippen LogP contribution in [0.3, 0.4) is 0 Å². The summed E-state index contributed by atoms with van der Waals surface area (Å²) in [5, 5.41) is 0. The lowest BCUT2D eigenvalue weighted by molar-refractivity contribution is -0.167. The van der Waals surface area contributed by atoms with E-state index in [0.717, 1.165) is 69.6 Å². The summed E-state index contributed by atoms with van der Waals surface area (Å²) in [6, 6.07) is 0. The minimum absolute atomic E-state index is 0.0637. The van der Waals surface area contributed by atoms with E-state index in [1.807, 2.05) is 0 Å². The Morgan fingerprint density at radius 1 is 0.356 bits per heavy atom. The van der Waals surface area contributed by atoms with Crippen molar-refractivity contribution in [3.63, 3.8) is 0 Å². The first-order valence-corrected chi connectivity index (χ1v) is 26.3. The maximum Gasteiger partial charge on any atom is 0.306 e. The van der Waals surface area contributed by atoms with Crippen LogP contribution in [0.15, 0.2) is 0 Å². The summed E-state index contributed by atoms with van der Waals surface area (Å²) in [5.74, 6) is 0.863. The van der Waals surface area contributed by atoms with E-state index in [-0.39, 0.29) is 31.1 Å². The summed E-state index contributed by atoms with van der Waals surface area (Å²) in [6.45, 7) is 11.4. The van der Waals surface area contributed by atoms with Gasteiger partial charge in [-0.3, -0.25) is 14.4 Å². The highest BCUT2D eigenvalue weighted by Gasteiger charge is 2.19. The molecule has 0 radical (unpaired) electrons. The van der Waals surface area contributed by atoms with Gasteiger partial charge in [-0.1, -0.05) is 253 Å². The van der Waals surface area contributed by atoms with Gasteiger partial charge in [-0.2, -0.15) is 0 Å². The average molecular weight is 835 g/mol. The van der Waals surface area contributed by atoms with Crippen molar-refractivity contribution >= 4 is 17.9 Å². The second-order valence-corrected chi connectivity index (χ2v) is 18.9. The lowest BCUT2D eigenvalue weighted by atomic mass is 9.99. The normalized spacial score (nSPS) is 12.5. The first kappa shape index (κ1) is 57.4. The average Bonchev–Trinajstić information content (AvgIpc) is 3.22. The van der Waals surface area contributed by atoms with Crippen molar-refractivity contribution in [2.75, 3.05) is 13.2 Å². The summed E-state index contributed by atoms with van der Waals surface area (Å²) in [7, 11) is 0. The van der Waals surface area contributed by atoms with E-state index in [4.69, 9.17) is 14.2 Å². The molecule has 0 aromatic carbocycles. The van der Waals surface area contributed by atoms with E-state index in [2.05, 4.69) is 34.6 Å². The summed E-state index contributed by atoms with van der Waals surface area (Å²) < 4.78 is 16.8. The summed E-state index contributed by atoms with van der Waals surface area (Å²) >= 11 is 0. The summed E-state index contributed by atoms with van der Waals surface area (Å²) in [4.78, 5) is 37.9. The molecule has 0 bridgehead atoms. The molecule has 0 fully saturated rings. The quantitative estimate of drug-likeness (QED) is 0.0345. The molecule has 0 aromatic rings. The number of carbonyl (C=O) groups is 3. The third-order valence-corrected chi connectivity index (χ3v) is 12.3. The van der Waals surface area contributed by atoms with Crippen molar-refractivity contribution in [2.45, 2.75) is 298 Å². The fourth-order valence-corrected chi connectivity index (χ4v) is 7.96. The van der Waals surface area contributed by atoms with E-state index in [9.17, 15) is 14.4 Å². The van der Waals surface area contributed by atoms with Crippen LogP contribution in [0.1, 0.15) is 291 Å². The number of rotatable bonds is 47. The highest BCUT2D eigenvalue weighted by molar-refractivity contribution is 5.71. The van der Waals surface area contributed by atoms with Crippen molar-refractivity contribution in [2.24, 2.45) is 11.8 Å². The molecule has 0 spiro atoms. The van der Waals surface area contributed by atoms with E-state index in [0.29, 0.717) is 19.3 Å². The number of hydrogen-bond acceptors (Lipinski definition) is 6. The van der Waals surface area contributed by atoms with Crippen molar-refractivity contribution in [3.05, 3.63) is 0 Å². The topological polar surface area (TPSA) is 78.9 Å². The molecular formula is C53H102O6. The molecule has 59 heavy (non-hydrogen) atoms. The van der Waals surface area contributed by atoms with Crippen molar-refractivity contribution < 1.29 is 28.6 Å². The molecule has 0 aliphatic carbocycles. The van der Waals surface area contributed by atoms with Crippen LogP contribution in [-0.2, 0) is 28.6 Å². The molecule has 1 unspecified atom stereocenters. The van der Waals surface area contributed by atoms with Crippen LogP contribution in [0.2, 0.25) is 0 Å². The zero-order valence-electron chi connectivity index (χ0n) is 40.4. The van der Waals surface area contributed by atoms with Crippen molar-refractivity contribution in [1.29, 1.82) is 0 Å². The van der Waals surface area contributed by atoms with E-state index in [1.165, 1.54) is 180 Å². The Kier molecular flexibility index (Phi) is 44.7. The van der Waals surface area contributed by atoms with Gasteiger partial charge in [0, 0.05) is 19.3 Å². The monoisotopic (exact) mass is 835 g/mol. The first-order valence-electron chi connectivity index (χ1n) is 26.3. The molecule has 0 aliphatic rings. The second-order valence-electron chi connectivity index (χ2n) is 18.9. The number of esters is 3. The predicted octanol–water partition coefficient (Wildman–Crippen LogP) is 16.9. The van der Waals surface area contributed by atoms with E-state index in [1.54, 1.807) is 0 Å². The Hall–Kier alpha value is -1.59. The molecule has 0 N–H and O–H groups in total. The van der Waals surface area contributed by atoms with Crippen LogP contribution in [0.4, 0.5) is 0 Å². The third kappa shape index (κ3) is 45.8. The molecule has 2 atom stereocenters. The van der Waals surface area contributed by atoms with Gasteiger partial charge in [0.15, 0.2) is 6.10 Å². The number of carbonyl (C=O) groups excluding carboxylic acids is 3. The maximum atomic E-state index is 12.8. The van der Waals surface area contributed by atoms with Crippen molar-refractivity contribution in [3.8, 4) is 0 Å². The van der Waals surface area contributed by atoms with Gasteiger partial charge >= 0.3 is 17.9 Å². The Bertz CT molecular complexity index is 902. The standard InChI is InChI=1S/C53H102O6/c1-6-8-9-10-11-12-23-28-33-38-43-51(54)57-46-50(59-53(56)45-40-35-30-25-20-19-21-26-31-36-41-48(3)4)47-58-52(55)44-39-34-29-24-18-16-14-13-15-17-22-27-32-37-42-49(5)7-2/h48-50H,6-47H2,1-5H3/t49?,50-/m0/s1. The minimum atomic E-state index is -0.761. The molecule has 0 rings (SSSR count). The van der Waals surface area contributed by atoms with Gasteiger partial charge in [0.05, 0.1) is 0 Å². The lowest BCUT2D eigenvalue weighted by Crippen LogP contribution is -2.30. The Balaban J connectivity index is 4.26. The van der Waals surface area contributed by atoms with E-state index >= 15 is 0 Å². The van der Waals surface area contributed by atoms with Gasteiger partial charge in [-0.15, -0.1) is 0 Å². The fourth-order valence-electron chi connectivity index (χ4n) is 7.96. The number of hydrogen-bond donors (Lipinski definition) is 0. The van der Waals surface area contributed by atoms with E-state index < -0.39 is 6.10 Å². The molecule has 350 valence electrons. The molecule has 0 amide bonds. The molecule has 6 nitrogen and oxygen atoms in total. The second kappa shape index (κ2) is 45.9. The predicted molar refractivity (Wildman–Crippen MR) is 252 cm³/mol. The third-order valence-electron chi connectivity index (χ3n) is 12.3. The van der Waals surface area contributed by atoms with Crippen LogP contribution in [-0.4, -0.2) is 37.2 Å². The number of ether oxygens (including phenoxy) is 3. The van der Waals surface area contributed by atoms with Crippen LogP contribution in [0.5, 0.6) is 0 Å². The highest BCUT2D eigenvalue weighted by atomic mass is 16.6. The molecule has 0 saturated heterocycles. The first-order chi connectivity index (χ1) is 28.8. The Labute approximate surface area is 368 Å². The van der Waals surface area contributed by atoms with Gasteiger partial charge in [-0.05, 0) is 31.1 Å². The molecule has 0 aliphatic heterocycles. The summed E-state index contributed by atoms with van der Waals surface area (Å²) in [5.41, 5.74) is 0. The lowest BCUT2D eigenvalue weighted by Gasteiger charge is -2.18. The van der Waals surface area contributed by atoms with Gasteiger partial charge in [-0.25, -0.2) is 0 Å². The van der Waals surface area contributed by atoms with Gasteiger partial charge in [0.2, 0.25) is 0 Å². The van der Waals surface area contributed by atoms with Gasteiger partial charge in [0.1, 0.15) is 13.2 Å². The SMILES string of the molecule is CCCCCCCCCCCCC(=O)OC[C@@H](COC(=O)CCCCCCCCCCCCCCCCC(C)CC)OC(=O)CCCCCCCCCCCCC(C)C. The molecule has 0 saturated carbocycles. The zero-order valence-corrected chi connectivity index (χ0v) is 40.4. The van der Waals surface area contributed by atoms with Gasteiger partial charge in [0.25, 0.3) is 0 Å². The maximum absolute atomic E-state index is 12.8. The van der Waals surface area contributed by atoms with Crippen LogP contribution in [0.25, 0.3) is 0 Å². The highest BCUT2D eigenvalue weighted by Crippen LogP contribution is 2.18. The van der Waals surface area contributed by atoms with Crippen molar-refractivity contribution in [1.82, 2.24) is 0 Å². The van der Waals surface area contributed by atoms with Crippen LogP contribution >= 0.6 is 0 Å². The Morgan fingerprint density at radius 3 is 0.966 bits per heavy atom. The smallest absolute Gasteiger partial charge is 0.306 e. The Morgan fingerprint density at radius 2 is 0.644 bits per heavy atom. The molecular weight excluding hydrogens is 733 g/mol. The molecule has 6 heteroatoms. The molecule has 0 aromatic heterocycles. The van der Waals surface area contributed by atoms with Crippen LogP contribution in [0, 0.1) is 11.8 Å². The van der Waals surface area contributed by atoms with Crippen LogP contribution < -0.4 is 0 Å².